The summed E-state index contributed by atoms with van der Waals surface area (Å²) in [5.41, 5.74) is 1.97. The fourth-order valence-corrected chi connectivity index (χ4v) is 3.26. The van der Waals surface area contributed by atoms with Crippen molar-refractivity contribution >= 4 is 16.9 Å². The van der Waals surface area contributed by atoms with Gasteiger partial charge in [-0.2, -0.15) is 0 Å². The van der Waals surface area contributed by atoms with Gasteiger partial charge in [0.1, 0.15) is 12.4 Å². The number of hydrogen-bond acceptors (Lipinski definition) is 4. The molecule has 1 heterocycles. The van der Waals surface area contributed by atoms with E-state index >= 15 is 0 Å². The van der Waals surface area contributed by atoms with Crippen molar-refractivity contribution in [2.45, 2.75) is 32.9 Å². The maximum atomic E-state index is 12.0. The second-order valence-electron chi connectivity index (χ2n) is 6.89. The Bertz CT molecular complexity index is 963. The fourth-order valence-electron chi connectivity index (χ4n) is 3.26. The SMILES string of the molecule is CCOc1ccccc1OCCn1c(CNC(=O)C2CC2)nc2ccccc21. The van der Waals surface area contributed by atoms with Crippen molar-refractivity contribution in [2.75, 3.05) is 13.2 Å². The van der Waals surface area contributed by atoms with Gasteiger partial charge >= 0.3 is 0 Å². The number of aromatic nitrogens is 2. The lowest BCUT2D eigenvalue weighted by Crippen LogP contribution is -2.26. The molecule has 0 aliphatic heterocycles. The minimum atomic E-state index is 0.125. The summed E-state index contributed by atoms with van der Waals surface area (Å²) in [6.07, 6.45) is 1.99. The van der Waals surface area contributed by atoms with Crippen LogP contribution in [0.3, 0.4) is 0 Å². The molecule has 3 aromatic rings. The summed E-state index contributed by atoms with van der Waals surface area (Å²) in [5.74, 6) is 2.64. The van der Waals surface area contributed by atoms with Gasteiger partial charge in [-0.05, 0) is 44.0 Å². The average Bonchev–Trinajstić information content (AvgIpc) is 3.51. The Labute approximate surface area is 164 Å². The Morgan fingerprint density at radius 2 is 1.82 bits per heavy atom. The van der Waals surface area contributed by atoms with E-state index in [0.29, 0.717) is 26.3 Å². The Hall–Kier alpha value is -3.02. The Balaban J connectivity index is 1.47. The highest BCUT2D eigenvalue weighted by atomic mass is 16.5. The van der Waals surface area contributed by atoms with Crippen molar-refractivity contribution in [1.29, 1.82) is 0 Å². The van der Waals surface area contributed by atoms with Gasteiger partial charge in [-0.25, -0.2) is 4.98 Å². The summed E-state index contributed by atoms with van der Waals surface area (Å²) in [7, 11) is 0. The molecule has 0 atom stereocenters. The van der Waals surface area contributed by atoms with Crippen molar-refractivity contribution < 1.29 is 14.3 Å². The standard InChI is InChI=1S/C22H25N3O3/c1-2-27-19-9-5-6-10-20(19)28-14-13-25-18-8-4-3-7-17(18)24-21(25)15-23-22(26)16-11-12-16/h3-10,16H,2,11-15H2,1H3,(H,23,26). The van der Waals surface area contributed by atoms with E-state index in [1.54, 1.807) is 0 Å². The molecule has 1 N–H and O–H groups in total. The van der Waals surface area contributed by atoms with Gasteiger partial charge in [0.25, 0.3) is 0 Å². The highest BCUT2D eigenvalue weighted by molar-refractivity contribution is 5.81. The summed E-state index contributed by atoms with van der Waals surface area (Å²) < 4.78 is 13.7. The third kappa shape index (κ3) is 4.11. The van der Waals surface area contributed by atoms with E-state index < -0.39 is 0 Å². The monoisotopic (exact) mass is 379 g/mol. The number of nitrogens with one attached hydrogen (secondary N) is 1. The molecule has 6 nitrogen and oxygen atoms in total. The molecule has 146 valence electrons. The van der Waals surface area contributed by atoms with Gasteiger partial charge in [0.05, 0.1) is 30.7 Å². The molecule has 0 saturated heterocycles. The maximum absolute atomic E-state index is 12.0. The van der Waals surface area contributed by atoms with Gasteiger partial charge in [-0.1, -0.05) is 24.3 Å². The molecule has 1 aliphatic rings. The maximum Gasteiger partial charge on any atom is 0.223 e. The number of carbonyl (C=O) groups excluding carboxylic acids is 1. The minimum Gasteiger partial charge on any atom is -0.490 e. The van der Waals surface area contributed by atoms with Gasteiger partial charge in [0.2, 0.25) is 5.91 Å². The van der Waals surface area contributed by atoms with E-state index in [-0.39, 0.29) is 11.8 Å². The van der Waals surface area contributed by atoms with E-state index in [1.165, 1.54) is 0 Å². The molecule has 2 aromatic carbocycles. The number of benzene rings is 2. The van der Waals surface area contributed by atoms with Crippen molar-refractivity contribution in [3.8, 4) is 11.5 Å². The number of amides is 1. The molecule has 28 heavy (non-hydrogen) atoms. The van der Waals surface area contributed by atoms with Gasteiger partial charge in [0, 0.05) is 5.92 Å². The van der Waals surface area contributed by atoms with Crippen LogP contribution in [0.5, 0.6) is 11.5 Å². The fraction of sp³-hybridized carbons (Fsp3) is 0.364. The predicted molar refractivity (Wildman–Crippen MR) is 107 cm³/mol. The van der Waals surface area contributed by atoms with Crippen LogP contribution in [-0.4, -0.2) is 28.7 Å². The van der Waals surface area contributed by atoms with Crippen molar-refractivity contribution in [3.63, 3.8) is 0 Å². The summed E-state index contributed by atoms with van der Waals surface area (Å²) >= 11 is 0. The van der Waals surface area contributed by atoms with Crippen LogP contribution in [0.1, 0.15) is 25.6 Å². The minimum absolute atomic E-state index is 0.125. The molecule has 0 unspecified atom stereocenters. The molecule has 0 radical (unpaired) electrons. The second-order valence-corrected chi connectivity index (χ2v) is 6.89. The van der Waals surface area contributed by atoms with Crippen molar-refractivity contribution in [1.82, 2.24) is 14.9 Å². The number of rotatable bonds is 9. The lowest BCUT2D eigenvalue weighted by atomic mass is 10.3. The molecule has 0 spiro atoms. The van der Waals surface area contributed by atoms with Crippen LogP contribution in [0, 0.1) is 5.92 Å². The molecule has 6 heteroatoms. The van der Waals surface area contributed by atoms with E-state index in [4.69, 9.17) is 14.5 Å². The van der Waals surface area contributed by atoms with E-state index in [9.17, 15) is 4.79 Å². The quantitative estimate of drug-likeness (QED) is 0.618. The molecular formula is C22H25N3O3. The van der Waals surface area contributed by atoms with Crippen LogP contribution >= 0.6 is 0 Å². The van der Waals surface area contributed by atoms with E-state index in [0.717, 1.165) is 41.2 Å². The number of nitrogens with zero attached hydrogens (tertiary/aromatic N) is 2. The first-order valence-corrected chi connectivity index (χ1v) is 9.82. The van der Waals surface area contributed by atoms with E-state index in [2.05, 4.69) is 9.88 Å². The van der Waals surface area contributed by atoms with Crippen LogP contribution in [0.15, 0.2) is 48.5 Å². The molecular weight excluding hydrogens is 354 g/mol. The van der Waals surface area contributed by atoms with Gasteiger partial charge in [-0.3, -0.25) is 4.79 Å². The Morgan fingerprint density at radius 3 is 2.57 bits per heavy atom. The highest BCUT2D eigenvalue weighted by Gasteiger charge is 2.29. The summed E-state index contributed by atoms with van der Waals surface area (Å²) in [4.78, 5) is 16.7. The molecule has 0 bridgehead atoms. The molecule has 1 fully saturated rings. The number of hydrogen-bond donors (Lipinski definition) is 1. The van der Waals surface area contributed by atoms with Crippen molar-refractivity contribution in [2.24, 2.45) is 5.92 Å². The molecule has 1 saturated carbocycles. The largest absolute Gasteiger partial charge is 0.490 e. The average molecular weight is 379 g/mol. The summed E-state index contributed by atoms with van der Waals surface area (Å²) in [5, 5.41) is 3.01. The van der Waals surface area contributed by atoms with Crippen molar-refractivity contribution in [3.05, 3.63) is 54.4 Å². The normalized spacial score (nSPS) is 13.5. The van der Waals surface area contributed by atoms with Crippen LogP contribution in [0.25, 0.3) is 11.0 Å². The molecule has 1 aromatic heterocycles. The zero-order valence-electron chi connectivity index (χ0n) is 16.1. The Kier molecular flexibility index (Phi) is 5.46. The smallest absolute Gasteiger partial charge is 0.223 e. The number of imidazole rings is 1. The number of fused-ring (bicyclic) bond motifs is 1. The van der Waals surface area contributed by atoms with Crippen LogP contribution in [-0.2, 0) is 17.9 Å². The Morgan fingerprint density at radius 1 is 1.11 bits per heavy atom. The van der Waals surface area contributed by atoms with Gasteiger partial charge < -0.3 is 19.4 Å². The van der Waals surface area contributed by atoms with Crippen LogP contribution < -0.4 is 14.8 Å². The third-order valence-corrected chi connectivity index (χ3v) is 4.82. The third-order valence-electron chi connectivity index (χ3n) is 4.82. The topological polar surface area (TPSA) is 65.4 Å². The lowest BCUT2D eigenvalue weighted by molar-refractivity contribution is -0.122. The first-order chi connectivity index (χ1) is 13.8. The molecule has 4 rings (SSSR count). The second kappa shape index (κ2) is 8.33. The number of carbonyl (C=O) groups is 1. The zero-order valence-corrected chi connectivity index (χ0v) is 16.1. The van der Waals surface area contributed by atoms with Gasteiger partial charge in [-0.15, -0.1) is 0 Å². The molecule has 1 amide bonds. The molecule has 1 aliphatic carbocycles. The first kappa shape index (κ1) is 18.3. The van der Waals surface area contributed by atoms with E-state index in [1.807, 2.05) is 55.5 Å². The number of ether oxygens (including phenoxy) is 2. The zero-order chi connectivity index (χ0) is 19.3. The van der Waals surface area contributed by atoms with Crippen LogP contribution in [0.4, 0.5) is 0 Å². The highest BCUT2D eigenvalue weighted by Crippen LogP contribution is 2.29. The lowest BCUT2D eigenvalue weighted by Gasteiger charge is -2.14. The number of para-hydroxylation sites is 4. The van der Waals surface area contributed by atoms with Gasteiger partial charge in [0.15, 0.2) is 11.5 Å². The van der Waals surface area contributed by atoms with Crippen LogP contribution in [0.2, 0.25) is 0 Å². The first-order valence-electron chi connectivity index (χ1n) is 9.82. The summed E-state index contributed by atoms with van der Waals surface area (Å²) in [6.45, 7) is 4.09. The summed E-state index contributed by atoms with van der Waals surface area (Å²) in [6, 6.07) is 15.7. The predicted octanol–water partition coefficient (Wildman–Crippen LogP) is 3.54.